The number of hydrogen-bond donors (Lipinski definition) is 0. The molecule has 0 saturated carbocycles. The Bertz CT molecular complexity index is 723. The lowest BCUT2D eigenvalue weighted by Gasteiger charge is -2.32. The van der Waals surface area contributed by atoms with Gasteiger partial charge in [0, 0.05) is 19.0 Å². The smallest absolute Gasteiger partial charge is 0.410 e. The highest BCUT2D eigenvalue weighted by Gasteiger charge is 2.51. The van der Waals surface area contributed by atoms with Crippen LogP contribution in [0.4, 0.5) is 4.79 Å². The number of carbonyl (C=O) groups excluding carboxylic acids is 3. The van der Waals surface area contributed by atoms with Crippen molar-refractivity contribution in [3.05, 3.63) is 35.9 Å². The number of terminal acetylenes is 1. The van der Waals surface area contributed by atoms with Gasteiger partial charge in [-0.25, -0.2) is 4.79 Å². The van der Waals surface area contributed by atoms with Crippen LogP contribution in [0, 0.1) is 17.8 Å². The van der Waals surface area contributed by atoms with E-state index in [0.29, 0.717) is 13.0 Å². The maximum atomic E-state index is 12.6. The van der Waals surface area contributed by atoms with E-state index in [1.807, 2.05) is 30.3 Å². The lowest BCUT2D eigenvalue weighted by molar-refractivity contribution is -0.170. The Morgan fingerprint density at radius 2 is 1.82 bits per heavy atom. The molecule has 1 fully saturated rings. The first-order valence-corrected chi connectivity index (χ1v) is 9.06. The number of amides is 1. The molecule has 1 aromatic rings. The van der Waals surface area contributed by atoms with Crippen molar-refractivity contribution in [3.8, 4) is 12.3 Å². The van der Waals surface area contributed by atoms with Gasteiger partial charge >= 0.3 is 18.0 Å². The maximum absolute atomic E-state index is 12.6. The van der Waals surface area contributed by atoms with E-state index in [4.69, 9.17) is 20.6 Å². The van der Waals surface area contributed by atoms with E-state index in [1.54, 1.807) is 4.90 Å². The number of carbonyl (C=O) groups is 3. The molecule has 1 amide bonds. The first-order chi connectivity index (χ1) is 13.5. The average Bonchev–Trinajstić information content (AvgIpc) is 3.19. The second-order valence-electron chi connectivity index (χ2n) is 6.68. The Balaban J connectivity index is 2.14. The maximum Gasteiger partial charge on any atom is 0.410 e. The molecule has 7 nitrogen and oxygen atoms in total. The summed E-state index contributed by atoms with van der Waals surface area (Å²) in [7, 11) is 2.38. The van der Waals surface area contributed by atoms with Crippen LogP contribution >= 0.6 is 0 Å². The first-order valence-electron chi connectivity index (χ1n) is 9.06. The van der Waals surface area contributed by atoms with Crippen LogP contribution in [0.15, 0.2) is 30.3 Å². The van der Waals surface area contributed by atoms with Crippen molar-refractivity contribution >= 4 is 18.0 Å². The van der Waals surface area contributed by atoms with Crippen molar-refractivity contribution < 1.29 is 28.6 Å². The van der Waals surface area contributed by atoms with Crippen LogP contribution < -0.4 is 0 Å². The van der Waals surface area contributed by atoms with Gasteiger partial charge in [0.2, 0.25) is 0 Å². The molecule has 1 aliphatic rings. The zero-order valence-corrected chi connectivity index (χ0v) is 16.2. The summed E-state index contributed by atoms with van der Waals surface area (Å²) in [6.45, 7) is 0.624. The Labute approximate surface area is 164 Å². The SMILES string of the molecule is C#CCC(CC1CCCN1C(=O)OCc1ccccc1)(C(=O)OC)C(=O)OC. The molecule has 0 N–H and O–H groups in total. The third kappa shape index (κ3) is 4.63. The van der Waals surface area contributed by atoms with Crippen LogP contribution in [0.2, 0.25) is 0 Å². The predicted octanol–water partition coefficient (Wildman–Crippen LogP) is 2.53. The summed E-state index contributed by atoms with van der Waals surface area (Å²) in [4.78, 5) is 39.0. The third-order valence-electron chi connectivity index (χ3n) is 4.96. The molecule has 1 heterocycles. The number of methoxy groups -OCH3 is 2. The summed E-state index contributed by atoms with van der Waals surface area (Å²) in [5.41, 5.74) is -0.775. The average molecular weight is 387 g/mol. The zero-order chi connectivity index (χ0) is 20.6. The van der Waals surface area contributed by atoms with Crippen molar-refractivity contribution in [1.29, 1.82) is 0 Å². The Morgan fingerprint density at radius 3 is 2.39 bits per heavy atom. The normalized spacial score (nSPS) is 16.2. The molecule has 1 atom stereocenters. The number of ether oxygens (including phenoxy) is 3. The molecule has 0 aromatic heterocycles. The second-order valence-corrected chi connectivity index (χ2v) is 6.68. The minimum Gasteiger partial charge on any atom is -0.468 e. The zero-order valence-electron chi connectivity index (χ0n) is 16.2. The predicted molar refractivity (Wildman–Crippen MR) is 101 cm³/mol. The quantitative estimate of drug-likeness (QED) is 0.309. The molecule has 2 rings (SSSR count). The minimum absolute atomic E-state index is 0.0248. The molecule has 150 valence electrons. The van der Waals surface area contributed by atoms with Gasteiger partial charge in [0.25, 0.3) is 0 Å². The number of likely N-dealkylation sites (tertiary alicyclic amines) is 1. The summed E-state index contributed by atoms with van der Waals surface area (Å²) in [5, 5.41) is 0. The lowest BCUT2D eigenvalue weighted by Crippen LogP contribution is -2.47. The first kappa shape index (κ1) is 21.3. The highest BCUT2D eigenvalue weighted by molar-refractivity contribution is 6.00. The molecule has 0 aliphatic carbocycles. The van der Waals surface area contributed by atoms with Crippen LogP contribution in [0.1, 0.15) is 31.2 Å². The van der Waals surface area contributed by atoms with Gasteiger partial charge in [-0.1, -0.05) is 30.3 Å². The van der Waals surface area contributed by atoms with Crippen molar-refractivity contribution in [2.45, 2.75) is 38.3 Å². The van der Waals surface area contributed by atoms with Crippen LogP contribution in [-0.4, -0.2) is 49.7 Å². The molecular weight excluding hydrogens is 362 g/mol. The molecule has 1 aromatic carbocycles. The Morgan fingerprint density at radius 1 is 1.18 bits per heavy atom. The van der Waals surface area contributed by atoms with Crippen LogP contribution in [0.5, 0.6) is 0 Å². The minimum atomic E-state index is -1.65. The molecule has 1 aliphatic heterocycles. The van der Waals surface area contributed by atoms with Gasteiger partial charge in [-0.15, -0.1) is 12.3 Å². The van der Waals surface area contributed by atoms with Gasteiger partial charge < -0.3 is 19.1 Å². The molecular formula is C21H25NO6. The number of esters is 2. The topological polar surface area (TPSA) is 82.1 Å². The number of nitrogens with zero attached hydrogens (tertiary/aromatic N) is 1. The van der Waals surface area contributed by atoms with E-state index in [-0.39, 0.29) is 25.5 Å². The van der Waals surface area contributed by atoms with E-state index in [2.05, 4.69) is 5.92 Å². The molecule has 7 heteroatoms. The van der Waals surface area contributed by atoms with Crippen LogP contribution in [-0.2, 0) is 30.4 Å². The summed E-state index contributed by atoms with van der Waals surface area (Å²) < 4.78 is 15.1. The molecule has 0 bridgehead atoms. The summed E-state index contributed by atoms with van der Waals surface area (Å²) >= 11 is 0. The fraction of sp³-hybridized carbons (Fsp3) is 0.476. The van der Waals surface area contributed by atoms with Gasteiger partial charge in [-0.05, 0) is 24.8 Å². The van der Waals surface area contributed by atoms with Crippen LogP contribution in [0.25, 0.3) is 0 Å². The van der Waals surface area contributed by atoms with Gasteiger partial charge in [-0.2, -0.15) is 0 Å². The van der Waals surface area contributed by atoms with E-state index in [9.17, 15) is 14.4 Å². The number of hydrogen-bond acceptors (Lipinski definition) is 6. The Kier molecular flexibility index (Phi) is 7.44. The lowest BCUT2D eigenvalue weighted by atomic mass is 9.78. The largest absolute Gasteiger partial charge is 0.468 e. The highest BCUT2D eigenvalue weighted by Crippen LogP contribution is 2.36. The third-order valence-corrected chi connectivity index (χ3v) is 4.96. The van der Waals surface area contributed by atoms with Crippen molar-refractivity contribution in [3.63, 3.8) is 0 Å². The Hall–Kier alpha value is -3.01. The molecule has 28 heavy (non-hydrogen) atoms. The van der Waals surface area contributed by atoms with Gasteiger partial charge in [0.15, 0.2) is 5.41 Å². The second kappa shape index (κ2) is 9.79. The van der Waals surface area contributed by atoms with E-state index < -0.39 is 23.4 Å². The fourth-order valence-corrected chi connectivity index (χ4v) is 3.52. The van der Waals surface area contributed by atoms with Crippen molar-refractivity contribution in [2.24, 2.45) is 5.41 Å². The molecule has 1 unspecified atom stereocenters. The van der Waals surface area contributed by atoms with Crippen molar-refractivity contribution in [2.75, 3.05) is 20.8 Å². The van der Waals surface area contributed by atoms with Crippen LogP contribution in [0.3, 0.4) is 0 Å². The summed E-state index contributed by atoms with van der Waals surface area (Å²) in [5.74, 6) is 0.843. The molecule has 0 radical (unpaired) electrons. The monoisotopic (exact) mass is 387 g/mol. The van der Waals surface area contributed by atoms with E-state index >= 15 is 0 Å². The summed E-state index contributed by atoms with van der Waals surface area (Å²) in [6.07, 6.45) is 6.13. The molecule has 1 saturated heterocycles. The highest BCUT2D eigenvalue weighted by atomic mass is 16.6. The van der Waals surface area contributed by atoms with Gasteiger partial charge in [0.1, 0.15) is 6.61 Å². The van der Waals surface area contributed by atoms with Gasteiger partial charge in [0.05, 0.1) is 14.2 Å². The van der Waals surface area contributed by atoms with Crippen molar-refractivity contribution in [1.82, 2.24) is 4.90 Å². The van der Waals surface area contributed by atoms with E-state index in [1.165, 1.54) is 14.2 Å². The standard InChI is InChI=1S/C21H25NO6/c1-4-12-21(18(23)26-2,19(24)27-3)14-17-11-8-13-22(17)20(25)28-15-16-9-6-5-7-10-16/h1,5-7,9-10,17H,8,11-15H2,2-3H3. The molecule has 0 spiro atoms. The summed E-state index contributed by atoms with van der Waals surface area (Å²) in [6, 6.07) is 8.95. The number of benzene rings is 1. The van der Waals surface area contributed by atoms with E-state index in [0.717, 1.165) is 12.0 Å². The number of rotatable bonds is 7. The fourth-order valence-electron chi connectivity index (χ4n) is 3.52. The van der Waals surface area contributed by atoms with Gasteiger partial charge in [-0.3, -0.25) is 9.59 Å².